The van der Waals surface area contributed by atoms with Crippen LogP contribution in [0.25, 0.3) is 0 Å². The maximum atomic E-state index is 12.6. The third-order valence-corrected chi connectivity index (χ3v) is 6.31. The van der Waals surface area contributed by atoms with Crippen LogP contribution < -0.4 is 10.1 Å². The minimum absolute atomic E-state index is 0.00269. The number of amides is 1. The van der Waals surface area contributed by atoms with E-state index >= 15 is 0 Å². The normalized spacial score (nSPS) is 11.4. The number of halogens is 1. The van der Waals surface area contributed by atoms with Crippen LogP contribution in [0, 0.1) is 0 Å². The van der Waals surface area contributed by atoms with Gasteiger partial charge in [0, 0.05) is 37.4 Å². The quantitative estimate of drug-likeness (QED) is 0.610. The minimum Gasteiger partial charge on any atom is -0.474 e. The van der Waals surface area contributed by atoms with E-state index in [9.17, 15) is 13.2 Å². The zero-order chi connectivity index (χ0) is 20.0. The largest absolute Gasteiger partial charge is 0.474 e. The molecule has 0 bridgehead atoms. The van der Waals surface area contributed by atoms with Crippen LogP contribution in [-0.4, -0.2) is 58.0 Å². The average molecular weight is 458 g/mol. The van der Waals surface area contributed by atoms with Crippen molar-refractivity contribution >= 4 is 37.5 Å². The number of carbonyl (C=O) groups excluding carboxylic acids is 1. The number of ether oxygens (including phenoxy) is 2. The highest BCUT2D eigenvalue weighted by Gasteiger charge is 2.22. The molecule has 0 aliphatic rings. The van der Waals surface area contributed by atoms with Gasteiger partial charge in [-0.3, -0.25) is 4.79 Å². The summed E-state index contributed by atoms with van der Waals surface area (Å²) in [6, 6.07) is 7.66. The van der Waals surface area contributed by atoms with Gasteiger partial charge in [-0.1, -0.05) is 0 Å². The van der Waals surface area contributed by atoms with Crippen LogP contribution in [0.1, 0.15) is 10.4 Å². The third-order valence-electron chi connectivity index (χ3n) is 3.50. The molecule has 0 atom stereocenters. The number of carbonyl (C=O) groups is 1. The molecule has 0 aliphatic carbocycles. The van der Waals surface area contributed by atoms with E-state index < -0.39 is 15.9 Å². The molecule has 0 saturated heterocycles. The van der Waals surface area contributed by atoms with Gasteiger partial charge in [-0.2, -0.15) is 0 Å². The summed E-state index contributed by atoms with van der Waals surface area (Å²) < 4.78 is 36.7. The molecule has 0 saturated carbocycles. The van der Waals surface area contributed by atoms with Crippen molar-refractivity contribution in [3.05, 3.63) is 46.6 Å². The number of nitrogens with zero attached hydrogens (tertiary/aromatic N) is 2. The van der Waals surface area contributed by atoms with Crippen molar-refractivity contribution in [2.45, 2.75) is 4.90 Å². The number of aromatic nitrogens is 1. The molecule has 10 heteroatoms. The van der Waals surface area contributed by atoms with Crippen LogP contribution >= 0.6 is 15.9 Å². The van der Waals surface area contributed by atoms with E-state index in [1.165, 1.54) is 32.3 Å². The van der Waals surface area contributed by atoms with Gasteiger partial charge in [0.05, 0.1) is 11.5 Å². The van der Waals surface area contributed by atoms with Crippen LogP contribution in [0.4, 0.5) is 5.69 Å². The lowest BCUT2D eigenvalue weighted by atomic mass is 10.2. The van der Waals surface area contributed by atoms with E-state index in [0.717, 1.165) is 4.31 Å². The topological polar surface area (TPSA) is 97.8 Å². The van der Waals surface area contributed by atoms with Gasteiger partial charge < -0.3 is 14.8 Å². The third kappa shape index (κ3) is 5.25. The SMILES string of the molecule is COCCOc1ncccc1NC(=O)c1ccc(Br)c(S(=O)(=O)N(C)C)c1. The predicted molar refractivity (Wildman–Crippen MR) is 105 cm³/mol. The molecule has 1 aromatic carbocycles. The van der Waals surface area contributed by atoms with Gasteiger partial charge in [-0.25, -0.2) is 17.7 Å². The molecule has 0 fully saturated rings. The first-order valence-electron chi connectivity index (χ1n) is 7.87. The Kier molecular flexibility index (Phi) is 7.31. The molecule has 146 valence electrons. The molecule has 27 heavy (non-hydrogen) atoms. The van der Waals surface area contributed by atoms with E-state index in [4.69, 9.17) is 9.47 Å². The molecule has 0 unspecified atom stereocenters. The Morgan fingerprint density at radius 2 is 2.00 bits per heavy atom. The van der Waals surface area contributed by atoms with Crippen molar-refractivity contribution < 1.29 is 22.7 Å². The fourth-order valence-electron chi connectivity index (χ4n) is 2.06. The number of nitrogens with one attached hydrogen (secondary N) is 1. The van der Waals surface area contributed by atoms with Crippen LogP contribution in [-0.2, 0) is 14.8 Å². The second-order valence-corrected chi connectivity index (χ2v) is 8.56. The summed E-state index contributed by atoms with van der Waals surface area (Å²) in [5.74, 6) is -0.233. The van der Waals surface area contributed by atoms with Gasteiger partial charge in [-0.05, 0) is 46.3 Å². The molecule has 0 aliphatic heterocycles. The van der Waals surface area contributed by atoms with Crippen molar-refractivity contribution in [3.8, 4) is 5.88 Å². The van der Waals surface area contributed by atoms with Gasteiger partial charge >= 0.3 is 0 Å². The Labute approximate surface area is 166 Å². The lowest BCUT2D eigenvalue weighted by Gasteiger charge is -2.14. The molecule has 2 aromatic rings. The number of pyridine rings is 1. The molecule has 1 aromatic heterocycles. The number of anilines is 1. The fourth-order valence-corrected chi connectivity index (χ4v) is 3.90. The molecule has 1 heterocycles. The predicted octanol–water partition coefficient (Wildman–Crippen LogP) is 2.37. The second kappa shape index (κ2) is 9.27. The zero-order valence-electron chi connectivity index (χ0n) is 15.1. The lowest BCUT2D eigenvalue weighted by Crippen LogP contribution is -2.23. The maximum absolute atomic E-state index is 12.6. The first-order chi connectivity index (χ1) is 12.8. The van der Waals surface area contributed by atoms with Gasteiger partial charge in [0.25, 0.3) is 5.91 Å². The van der Waals surface area contributed by atoms with Crippen molar-refractivity contribution in [1.82, 2.24) is 9.29 Å². The fraction of sp³-hybridized carbons (Fsp3) is 0.294. The van der Waals surface area contributed by atoms with Gasteiger partial charge in [0.1, 0.15) is 12.3 Å². The zero-order valence-corrected chi connectivity index (χ0v) is 17.5. The highest BCUT2D eigenvalue weighted by Crippen LogP contribution is 2.26. The van der Waals surface area contributed by atoms with Gasteiger partial charge in [-0.15, -0.1) is 0 Å². The molecule has 0 radical (unpaired) electrons. The Morgan fingerprint density at radius 3 is 2.67 bits per heavy atom. The summed E-state index contributed by atoms with van der Waals surface area (Å²) in [5.41, 5.74) is 0.559. The smallest absolute Gasteiger partial charge is 0.255 e. The standard InChI is InChI=1S/C17H20BrN3O5S/c1-21(2)27(23,24)15-11-12(6-7-13(15)18)16(22)20-14-5-4-8-19-17(14)26-10-9-25-3/h4-8,11H,9-10H2,1-3H3,(H,20,22). The number of sulfonamides is 1. The summed E-state index contributed by atoms with van der Waals surface area (Å²) >= 11 is 3.22. The molecule has 1 N–H and O–H groups in total. The second-order valence-electron chi connectivity index (χ2n) is 5.58. The van der Waals surface area contributed by atoms with E-state index in [1.807, 2.05) is 0 Å². The summed E-state index contributed by atoms with van der Waals surface area (Å²) in [5, 5.41) is 2.69. The first kappa shape index (κ1) is 21.3. The molecule has 0 spiro atoms. The van der Waals surface area contributed by atoms with Crippen molar-refractivity contribution in [2.24, 2.45) is 0 Å². The van der Waals surface area contributed by atoms with Gasteiger partial charge in [0.2, 0.25) is 15.9 Å². The van der Waals surface area contributed by atoms with Crippen LogP contribution in [0.3, 0.4) is 0 Å². The first-order valence-corrected chi connectivity index (χ1v) is 10.1. The number of methoxy groups -OCH3 is 1. The summed E-state index contributed by atoms with van der Waals surface area (Å²) in [7, 11) is 0.698. The average Bonchev–Trinajstić information content (AvgIpc) is 2.63. The maximum Gasteiger partial charge on any atom is 0.255 e. The molecule has 2 rings (SSSR count). The van der Waals surface area contributed by atoms with E-state index in [2.05, 4.69) is 26.2 Å². The molecular weight excluding hydrogens is 438 g/mol. The monoisotopic (exact) mass is 457 g/mol. The van der Waals surface area contributed by atoms with Crippen molar-refractivity contribution in [3.63, 3.8) is 0 Å². The van der Waals surface area contributed by atoms with Crippen molar-refractivity contribution in [1.29, 1.82) is 0 Å². The Balaban J connectivity index is 2.28. The molecular formula is C17H20BrN3O5S. The van der Waals surface area contributed by atoms with E-state index in [1.54, 1.807) is 25.4 Å². The Morgan fingerprint density at radius 1 is 1.26 bits per heavy atom. The van der Waals surface area contributed by atoms with Gasteiger partial charge in [0.15, 0.2) is 0 Å². The van der Waals surface area contributed by atoms with Crippen LogP contribution in [0.2, 0.25) is 0 Å². The summed E-state index contributed by atoms with van der Waals surface area (Å²) in [4.78, 5) is 16.7. The number of hydrogen-bond donors (Lipinski definition) is 1. The highest BCUT2D eigenvalue weighted by atomic mass is 79.9. The molecule has 8 nitrogen and oxygen atoms in total. The highest BCUT2D eigenvalue weighted by molar-refractivity contribution is 9.10. The van der Waals surface area contributed by atoms with E-state index in [0.29, 0.717) is 16.8 Å². The van der Waals surface area contributed by atoms with E-state index in [-0.39, 0.29) is 22.9 Å². The number of rotatable bonds is 8. The number of benzene rings is 1. The number of hydrogen-bond acceptors (Lipinski definition) is 6. The van der Waals surface area contributed by atoms with Crippen molar-refractivity contribution in [2.75, 3.05) is 39.7 Å². The summed E-state index contributed by atoms with van der Waals surface area (Å²) in [6.45, 7) is 0.655. The lowest BCUT2D eigenvalue weighted by molar-refractivity contribution is 0.102. The van der Waals surface area contributed by atoms with Crippen LogP contribution in [0.5, 0.6) is 5.88 Å². The Hall–Kier alpha value is -2.01. The molecule has 1 amide bonds. The summed E-state index contributed by atoms with van der Waals surface area (Å²) in [6.07, 6.45) is 1.54. The van der Waals surface area contributed by atoms with Crippen LogP contribution in [0.15, 0.2) is 45.9 Å². The minimum atomic E-state index is -3.70. The Bertz CT molecular complexity index is 919.